The van der Waals surface area contributed by atoms with E-state index in [2.05, 4.69) is 126 Å². The average molecular weight is 793 g/mol. The van der Waals surface area contributed by atoms with E-state index < -0.39 is 0 Å². The predicted octanol–water partition coefficient (Wildman–Crippen LogP) is 13.3. The Bertz CT molecular complexity index is 1690. The number of hydrogen-bond donors (Lipinski definition) is 0. The molecule has 238 valence electrons. The summed E-state index contributed by atoms with van der Waals surface area (Å²) < 4.78 is 0. The number of hydrogen-bond acceptors (Lipinski definition) is 1. The molecule has 1 aliphatic carbocycles. The third-order valence-corrected chi connectivity index (χ3v) is 9.22. The van der Waals surface area contributed by atoms with Gasteiger partial charge in [-0.2, -0.15) is 6.92 Å². The molecule has 6 rings (SSSR count). The van der Waals surface area contributed by atoms with Crippen molar-refractivity contribution in [2.75, 3.05) is 0 Å². The van der Waals surface area contributed by atoms with Gasteiger partial charge in [-0.05, 0) is 66.1 Å². The number of rotatable bonds is 8. The Balaban J connectivity index is 0.00000157. The van der Waals surface area contributed by atoms with Crippen LogP contribution in [0.3, 0.4) is 0 Å². The van der Waals surface area contributed by atoms with Crippen LogP contribution in [0.15, 0.2) is 91.0 Å². The van der Waals surface area contributed by atoms with Crippen LogP contribution < -0.4 is 0 Å². The summed E-state index contributed by atoms with van der Waals surface area (Å²) in [6, 6.07) is 35.4. The third-order valence-electron chi connectivity index (χ3n) is 9.00. The van der Waals surface area contributed by atoms with Gasteiger partial charge in [-0.15, -0.1) is 34.8 Å². The molecular weight excluding hydrogens is 746 g/mol. The van der Waals surface area contributed by atoms with Crippen LogP contribution in [0, 0.1) is 13.0 Å². The molecule has 4 aromatic carbocycles. The van der Waals surface area contributed by atoms with Crippen molar-refractivity contribution in [1.29, 1.82) is 0 Å². The van der Waals surface area contributed by atoms with Gasteiger partial charge in [-0.3, -0.25) is 0 Å². The third kappa shape index (κ3) is 8.03. The monoisotopic (exact) mass is 793 g/mol. The number of benzene rings is 4. The Labute approximate surface area is 301 Å². The first-order chi connectivity index (χ1) is 21.9. The maximum absolute atomic E-state index is 6.69. The van der Waals surface area contributed by atoms with E-state index in [0.717, 1.165) is 33.0 Å². The molecule has 0 N–H and O–H groups in total. The van der Waals surface area contributed by atoms with Gasteiger partial charge < -0.3 is 17.2 Å². The summed E-state index contributed by atoms with van der Waals surface area (Å²) in [5.41, 5.74) is 9.03. The van der Waals surface area contributed by atoms with Gasteiger partial charge >= 0.3 is 0 Å². The molecule has 5 aromatic rings. The molecule has 0 radical (unpaired) electrons. The van der Waals surface area contributed by atoms with Crippen LogP contribution in [0.1, 0.15) is 118 Å². The van der Waals surface area contributed by atoms with Gasteiger partial charge in [0.1, 0.15) is 0 Å². The summed E-state index contributed by atoms with van der Waals surface area (Å²) in [6.07, 6.45) is 6.38. The molecule has 1 aromatic heterocycles. The fraction of sp³-hybridized carbons (Fsp3) is 0.333. The number of halogens is 1. The minimum Gasteiger partial charge on any atom is -0.673 e. The Kier molecular flexibility index (Phi) is 13.2. The van der Waals surface area contributed by atoms with Crippen LogP contribution in [-0.2, 0) is 25.8 Å². The summed E-state index contributed by atoms with van der Waals surface area (Å²) >= 11 is 6.69. The van der Waals surface area contributed by atoms with Crippen LogP contribution in [0.5, 0.6) is 0 Å². The first-order valence-electron chi connectivity index (χ1n) is 16.6. The summed E-state index contributed by atoms with van der Waals surface area (Å²) in [6.45, 7) is 13.9. The minimum atomic E-state index is -0.246. The average Bonchev–Trinajstić information content (AvgIpc) is 3.08. The zero-order valence-corrected chi connectivity index (χ0v) is 32.3. The van der Waals surface area contributed by atoms with Crippen molar-refractivity contribution < 1.29 is 25.8 Å². The molecular formula is C42H46ClHfN2-3. The summed E-state index contributed by atoms with van der Waals surface area (Å²) in [4.78, 5) is 5.37. The van der Waals surface area contributed by atoms with Crippen molar-refractivity contribution >= 4 is 28.1 Å². The van der Waals surface area contributed by atoms with Crippen molar-refractivity contribution in [3.05, 3.63) is 142 Å². The first-order valence-corrected chi connectivity index (χ1v) is 17.0. The van der Waals surface area contributed by atoms with Crippen molar-refractivity contribution in [2.45, 2.75) is 90.5 Å². The van der Waals surface area contributed by atoms with Crippen LogP contribution in [0.2, 0.25) is 5.02 Å². The number of nitrogens with zero attached hydrogens (tertiary/aromatic N) is 2. The molecule has 46 heavy (non-hydrogen) atoms. The fourth-order valence-electron chi connectivity index (χ4n) is 6.76. The van der Waals surface area contributed by atoms with Crippen molar-refractivity contribution in [1.82, 2.24) is 4.98 Å². The molecule has 1 fully saturated rings. The van der Waals surface area contributed by atoms with Crippen LogP contribution >= 0.6 is 11.6 Å². The standard InChI is InChI=1S/C40H41ClN2.C2H5.Hf/c1-26(2)35-24-30(41)25-36(27(3)4)39(35)43-40(34-20-11-10-19-32(34)28-14-6-5-7-15-28)38-23-13-22-37(42-38)33-21-12-17-29-16-8-9-18-31(29)33;1-2;/h8-13,16-20,22-28,40H,5-7,14-15H2,1-4H3;1H2,2H3;/q-2;-1;. The van der Waals surface area contributed by atoms with Crippen LogP contribution in [-0.4, -0.2) is 4.98 Å². The van der Waals surface area contributed by atoms with Crippen molar-refractivity contribution in [2.24, 2.45) is 0 Å². The van der Waals surface area contributed by atoms with Crippen molar-refractivity contribution in [3.63, 3.8) is 0 Å². The second-order valence-corrected chi connectivity index (χ2v) is 13.1. The van der Waals surface area contributed by atoms with Crippen LogP contribution in [0.25, 0.3) is 27.3 Å². The minimum absolute atomic E-state index is 0. The molecule has 1 saturated carbocycles. The maximum atomic E-state index is 6.69. The Morgan fingerprint density at radius 1 is 0.783 bits per heavy atom. The topological polar surface area (TPSA) is 27.0 Å². The molecule has 1 atom stereocenters. The van der Waals surface area contributed by atoms with Gasteiger partial charge in [0.05, 0.1) is 0 Å². The summed E-state index contributed by atoms with van der Waals surface area (Å²) in [5.74, 6) is 1.12. The molecule has 0 bridgehead atoms. The SMILES string of the molecule is CC(C)c1cc(Cl)cc(C(C)C)c1[N-]C(c1cccc(-c2[c-]ccc3ccccc23)n1)c1ccccc1C1CCCCC1.[CH2-]C.[Hf]. The fourth-order valence-corrected chi connectivity index (χ4v) is 6.99. The van der Waals surface area contributed by atoms with E-state index in [4.69, 9.17) is 21.9 Å². The Hall–Kier alpha value is -2.75. The van der Waals surface area contributed by atoms with Crippen LogP contribution in [0.4, 0.5) is 5.69 Å². The number of fused-ring (bicyclic) bond motifs is 1. The Morgan fingerprint density at radius 3 is 2.13 bits per heavy atom. The van der Waals surface area contributed by atoms with E-state index in [1.807, 2.05) is 6.07 Å². The van der Waals surface area contributed by atoms with Gasteiger partial charge in [-0.25, -0.2) is 0 Å². The van der Waals surface area contributed by atoms with Gasteiger partial charge in [0.25, 0.3) is 0 Å². The van der Waals surface area contributed by atoms with Gasteiger partial charge in [0.2, 0.25) is 0 Å². The van der Waals surface area contributed by atoms with E-state index in [0.29, 0.717) is 5.92 Å². The van der Waals surface area contributed by atoms with Gasteiger partial charge in [0, 0.05) is 36.6 Å². The van der Waals surface area contributed by atoms with E-state index in [9.17, 15) is 0 Å². The largest absolute Gasteiger partial charge is 0.673 e. The van der Waals surface area contributed by atoms with E-state index in [-0.39, 0.29) is 43.7 Å². The molecule has 0 amide bonds. The second-order valence-electron chi connectivity index (χ2n) is 12.6. The van der Waals surface area contributed by atoms with Gasteiger partial charge in [-0.1, -0.05) is 141 Å². The number of pyridine rings is 1. The first kappa shape index (κ1) is 36.1. The molecule has 1 aliphatic rings. The maximum Gasteiger partial charge on any atom is 0.0410 e. The van der Waals surface area contributed by atoms with E-state index in [1.54, 1.807) is 6.92 Å². The quantitative estimate of drug-likeness (QED) is 0.114. The molecule has 0 saturated heterocycles. The second kappa shape index (κ2) is 16.9. The van der Waals surface area contributed by atoms with Gasteiger partial charge in [0.15, 0.2) is 0 Å². The van der Waals surface area contributed by atoms with Crippen molar-refractivity contribution in [3.8, 4) is 11.3 Å². The zero-order valence-electron chi connectivity index (χ0n) is 28.0. The van der Waals surface area contributed by atoms with E-state index in [1.165, 1.54) is 59.7 Å². The smallest absolute Gasteiger partial charge is 0.0410 e. The summed E-state index contributed by atoms with van der Waals surface area (Å²) in [7, 11) is 0. The summed E-state index contributed by atoms with van der Waals surface area (Å²) in [5, 5.41) is 8.83. The predicted molar refractivity (Wildman–Crippen MR) is 194 cm³/mol. The molecule has 0 spiro atoms. The normalized spacial score (nSPS) is 14.0. The molecule has 2 nitrogen and oxygen atoms in total. The number of aromatic nitrogens is 1. The zero-order chi connectivity index (χ0) is 31.9. The Morgan fingerprint density at radius 2 is 1.43 bits per heavy atom. The molecule has 1 heterocycles. The van der Waals surface area contributed by atoms with E-state index >= 15 is 0 Å². The molecule has 4 heteroatoms. The molecule has 0 aliphatic heterocycles. The molecule has 1 unspecified atom stereocenters.